The minimum atomic E-state index is -0.668. The van der Waals surface area contributed by atoms with Crippen LogP contribution in [-0.4, -0.2) is 18.0 Å². The average molecular weight is 226 g/mol. The lowest BCUT2D eigenvalue weighted by Crippen LogP contribution is -2.44. The number of ketones is 1. The molecule has 0 amide bonds. The molecular weight excluding hydrogens is 216 g/mol. The van der Waals surface area contributed by atoms with E-state index in [4.69, 9.17) is 9.47 Å². The van der Waals surface area contributed by atoms with Gasteiger partial charge in [0.05, 0.1) is 11.1 Å². The van der Waals surface area contributed by atoms with Gasteiger partial charge in [-0.1, -0.05) is 18.2 Å². The van der Waals surface area contributed by atoms with E-state index in [9.17, 15) is 4.79 Å². The first-order valence-corrected chi connectivity index (χ1v) is 5.67. The van der Waals surface area contributed by atoms with Crippen molar-refractivity contribution >= 4 is 5.78 Å². The molecule has 0 spiro atoms. The molecule has 3 nitrogen and oxygen atoms in total. The lowest BCUT2D eigenvalue weighted by molar-refractivity contribution is 0.0766. The standard InChI is InChI=1S/C14H10O3/c15-13-9-4-1-2-5-10(9)17-14-7-3-6-11(12(13)14)16-8-14/h1-5,7H,6,8H2. The third-order valence-corrected chi connectivity index (χ3v) is 3.50. The number of benzene rings is 1. The van der Waals surface area contributed by atoms with E-state index >= 15 is 0 Å². The number of fused-ring (bicyclic) bond motifs is 1. The zero-order valence-corrected chi connectivity index (χ0v) is 9.10. The maximum atomic E-state index is 12.5. The molecule has 1 aromatic rings. The van der Waals surface area contributed by atoms with Gasteiger partial charge in [-0.3, -0.25) is 4.79 Å². The van der Waals surface area contributed by atoms with Crippen LogP contribution in [0.1, 0.15) is 16.8 Å². The lowest BCUT2D eigenvalue weighted by Gasteiger charge is -2.33. The Morgan fingerprint density at radius 2 is 2.12 bits per heavy atom. The van der Waals surface area contributed by atoms with Crippen LogP contribution in [0, 0.1) is 0 Å². The van der Waals surface area contributed by atoms with Gasteiger partial charge in [0.25, 0.3) is 0 Å². The van der Waals surface area contributed by atoms with E-state index in [-0.39, 0.29) is 5.78 Å². The predicted octanol–water partition coefficient (Wildman–Crippen LogP) is 2.24. The summed E-state index contributed by atoms with van der Waals surface area (Å²) < 4.78 is 11.6. The number of hydrogen-bond acceptors (Lipinski definition) is 3. The Morgan fingerprint density at radius 3 is 3.06 bits per heavy atom. The summed E-state index contributed by atoms with van der Waals surface area (Å²) in [5, 5.41) is 0. The maximum Gasteiger partial charge on any atom is 0.200 e. The molecule has 3 aliphatic rings. The molecule has 2 aliphatic heterocycles. The number of ether oxygens (including phenoxy) is 2. The minimum absolute atomic E-state index is 0.0451. The Labute approximate surface area is 98.3 Å². The van der Waals surface area contributed by atoms with E-state index in [2.05, 4.69) is 0 Å². The highest BCUT2D eigenvalue weighted by Crippen LogP contribution is 2.46. The molecule has 1 aromatic carbocycles. The number of hydrogen-bond donors (Lipinski definition) is 0. The largest absolute Gasteiger partial charge is 0.492 e. The lowest BCUT2D eigenvalue weighted by atomic mass is 9.82. The Balaban J connectivity index is 2.00. The molecular formula is C14H10O3. The molecule has 0 N–H and O–H groups in total. The van der Waals surface area contributed by atoms with Gasteiger partial charge in [-0.05, 0) is 18.2 Å². The topological polar surface area (TPSA) is 35.5 Å². The Kier molecular flexibility index (Phi) is 1.49. The molecule has 0 aromatic heterocycles. The number of allylic oxidation sites excluding steroid dienone is 1. The highest BCUT2D eigenvalue weighted by Gasteiger charge is 2.51. The van der Waals surface area contributed by atoms with Crippen LogP contribution < -0.4 is 4.74 Å². The highest BCUT2D eigenvalue weighted by atomic mass is 16.6. The number of carbonyl (C=O) groups excluding carboxylic acids is 1. The minimum Gasteiger partial charge on any atom is -0.492 e. The fourth-order valence-electron chi connectivity index (χ4n) is 2.73. The smallest absolute Gasteiger partial charge is 0.200 e. The van der Waals surface area contributed by atoms with Crippen molar-refractivity contribution in [2.45, 2.75) is 12.0 Å². The summed E-state index contributed by atoms with van der Waals surface area (Å²) in [5.41, 5.74) is 0.661. The molecule has 0 saturated carbocycles. The van der Waals surface area contributed by atoms with E-state index in [1.165, 1.54) is 0 Å². The van der Waals surface area contributed by atoms with Gasteiger partial charge in [-0.15, -0.1) is 0 Å². The Hall–Kier alpha value is -2.03. The number of rotatable bonds is 0. The van der Waals surface area contributed by atoms with Gasteiger partial charge >= 0.3 is 0 Å². The Morgan fingerprint density at radius 1 is 1.24 bits per heavy atom. The van der Waals surface area contributed by atoms with Crippen LogP contribution in [0.4, 0.5) is 0 Å². The first kappa shape index (κ1) is 9.05. The zero-order valence-electron chi connectivity index (χ0n) is 9.10. The van der Waals surface area contributed by atoms with Gasteiger partial charge in [-0.25, -0.2) is 0 Å². The predicted molar refractivity (Wildman–Crippen MR) is 60.9 cm³/mol. The molecule has 2 heterocycles. The summed E-state index contributed by atoms with van der Waals surface area (Å²) in [6.07, 6.45) is 4.65. The van der Waals surface area contributed by atoms with Gasteiger partial charge in [0, 0.05) is 6.42 Å². The van der Waals surface area contributed by atoms with Crippen molar-refractivity contribution in [3.8, 4) is 5.75 Å². The van der Waals surface area contributed by atoms with Gasteiger partial charge in [0.15, 0.2) is 5.60 Å². The van der Waals surface area contributed by atoms with Crippen LogP contribution >= 0.6 is 0 Å². The second-order valence-electron chi connectivity index (χ2n) is 4.51. The highest BCUT2D eigenvalue weighted by molar-refractivity contribution is 6.14. The molecule has 84 valence electrons. The van der Waals surface area contributed by atoms with Crippen molar-refractivity contribution < 1.29 is 14.3 Å². The van der Waals surface area contributed by atoms with Crippen LogP contribution in [0.25, 0.3) is 0 Å². The third kappa shape index (κ3) is 0.990. The quantitative estimate of drug-likeness (QED) is 0.636. The first-order valence-electron chi connectivity index (χ1n) is 5.67. The number of Topliss-reactive ketones (excluding diaryl/α,β-unsaturated/α-hetero) is 1. The van der Waals surface area contributed by atoms with Crippen LogP contribution in [0.5, 0.6) is 5.75 Å². The molecule has 3 heteroatoms. The summed E-state index contributed by atoms with van der Waals surface area (Å²) in [5.74, 6) is 1.47. The molecule has 4 rings (SSSR count). The molecule has 0 radical (unpaired) electrons. The van der Waals surface area contributed by atoms with Crippen LogP contribution in [0.3, 0.4) is 0 Å². The second-order valence-corrected chi connectivity index (χ2v) is 4.51. The molecule has 2 bridgehead atoms. The third-order valence-electron chi connectivity index (χ3n) is 3.50. The number of para-hydroxylation sites is 1. The van der Waals surface area contributed by atoms with Gasteiger partial charge < -0.3 is 9.47 Å². The molecule has 1 atom stereocenters. The zero-order chi connectivity index (χ0) is 11.5. The molecule has 1 unspecified atom stereocenters. The van der Waals surface area contributed by atoms with Crippen molar-refractivity contribution in [2.24, 2.45) is 0 Å². The van der Waals surface area contributed by atoms with E-state index in [0.29, 0.717) is 29.9 Å². The second kappa shape index (κ2) is 2.80. The fraction of sp³-hybridized carbons (Fsp3) is 0.214. The monoisotopic (exact) mass is 226 g/mol. The van der Waals surface area contributed by atoms with Crippen LogP contribution in [-0.2, 0) is 4.74 Å². The summed E-state index contributed by atoms with van der Waals surface area (Å²) >= 11 is 0. The van der Waals surface area contributed by atoms with Crippen molar-refractivity contribution in [1.82, 2.24) is 0 Å². The SMILES string of the molecule is O=C1C2=C3CC=CC2(CO3)Oc2ccccc21. The van der Waals surface area contributed by atoms with E-state index in [1.807, 2.05) is 30.4 Å². The van der Waals surface area contributed by atoms with Crippen LogP contribution in [0.15, 0.2) is 47.7 Å². The van der Waals surface area contributed by atoms with E-state index < -0.39 is 5.60 Å². The van der Waals surface area contributed by atoms with Crippen molar-refractivity contribution in [3.05, 3.63) is 53.3 Å². The normalized spacial score (nSPS) is 28.4. The van der Waals surface area contributed by atoms with E-state index in [1.54, 1.807) is 6.07 Å². The maximum absolute atomic E-state index is 12.5. The molecule has 0 fully saturated rings. The van der Waals surface area contributed by atoms with Crippen LogP contribution in [0.2, 0.25) is 0 Å². The summed E-state index contributed by atoms with van der Waals surface area (Å²) in [6.45, 7) is 0.411. The van der Waals surface area contributed by atoms with Crippen molar-refractivity contribution in [2.75, 3.05) is 6.61 Å². The molecule has 0 saturated heterocycles. The van der Waals surface area contributed by atoms with Gasteiger partial charge in [0.2, 0.25) is 5.78 Å². The Bertz CT molecular complexity index is 597. The van der Waals surface area contributed by atoms with Gasteiger partial charge in [0.1, 0.15) is 18.1 Å². The molecule has 1 aliphatic carbocycles. The van der Waals surface area contributed by atoms with Crippen molar-refractivity contribution in [1.29, 1.82) is 0 Å². The summed E-state index contributed by atoms with van der Waals surface area (Å²) in [4.78, 5) is 12.5. The first-order chi connectivity index (χ1) is 8.30. The van der Waals surface area contributed by atoms with Crippen molar-refractivity contribution in [3.63, 3.8) is 0 Å². The van der Waals surface area contributed by atoms with Gasteiger partial charge in [-0.2, -0.15) is 0 Å². The fourth-order valence-corrected chi connectivity index (χ4v) is 2.73. The summed E-state index contributed by atoms with van der Waals surface area (Å²) in [6, 6.07) is 7.36. The van der Waals surface area contributed by atoms with E-state index in [0.717, 1.165) is 5.76 Å². The number of carbonyl (C=O) groups is 1. The summed E-state index contributed by atoms with van der Waals surface area (Å²) in [7, 11) is 0. The molecule has 17 heavy (non-hydrogen) atoms. The average Bonchev–Trinajstić information content (AvgIpc) is 2.58.